The fourth-order valence-electron chi connectivity index (χ4n) is 9.55. The quantitative estimate of drug-likeness (QED) is 0.144. The summed E-state index contributed by atoms with van der Waals surface area (Å²) in [5.41, 5.74) is 12.7. The van der Waals surface area contributed by atoms with Gasteiger partial charge in [0.25, 0.3) is 0 Å². The minimum absolute atomic E-state index is 0.306. The van der Waals surface area contributed by atoms with Crippen molar-refractivity contribution in [3.63, 3.8) is 0 Å². The molecular formula is C57H39NS2. The first-order valence-corrected chi connectivity index (χ1v) is 22.5. The molecule has 1 unspecified atom stereocenters. The van der Waals surface area contributed by atoms with Gasteiger partial charge in [-0.25, -0.2) is 0 Å². The van der Waals surface area contributed by atoms with E-state index in [1.54, 1.807) is 0 Å². The highest BCUT2D eigenvalue weighted by molar-refractivity contribution is 7.26. The van der Waals surface area contributed by atoms with Gasteiger partial charge in [-0.15, -0.1) is 22.7 Å². The van der Waals surface area contributed by atoms with Gasteiger partial charge in [0, 0.05) is 62.7 Å². The van der Waals surface area contributed by atoms with Crippen LogP contribution in [0.4, 0.5) is 0 Å². The van der Waals surface area contributed by atoms with Gasteiger partial charge < -0.3 is 4.57 Å². The molecule has 0 radical (unpaired) electrons. The van der Waals surface area contributed by atoms with Crippen LogP contribution >= 0.6 is 22.7 Å². The first-order valence-electron chi connectivity index (χ1n) is 20.8. The van der Waals surface area contributed by atoms with Crippen molar-refractivity contribution in [2.24, 2.45) is 0 Å². The maximum absolute atomic E-state index is 2.45. The molecule has 1 atom stereocenters. The van der Waals surface area contributed by atoms with E-state index in [2.05, 4.69) is 211 Å². The Kier molecular flexibility index (Phi) is 8.50. The highest BCUT2D eigenvalue weighted by Gasteiger charge is 2.18. The molecule has 0 aliphatic carbocycles. The molecule has 3 heteroatoms. The average Bonchev–Trinajstić information content (AvgIpc) is 3.98. The number of aryl methyl sites for hydroxylation is 1. The van der Waals surface area contributed by atoms with E-state index in [9.17, 15) is 0 Å². The normalized spacial score (nSPS) is 12.4. The second kappa shape index (κ2) is 14.5. The summed E-state index contributed by atoms with van der Waals surface area (Å²) in [5, 5.41) is 7.90. The number of hydrogen-bond donors (Lipinski definition) is 0. The van der Waals surface area contributed by atoms with Crippen molar-refractivity contribution in [1.82, 2.24) is 4.57 Å². The van der Waals surface area contributed by atoms with Crippen molar-refractivity contribution in [3.8, 4) is 27.9 Å². The second-order valence-electron chi connectivity index (χ2n) is 16.0. The van der Waals surface area contributed by atoms with Crippen molar-refractivity contribution in [1.29, 1.82) is 0 Å². The molecule has 12 rings (SSSR count). The summed E-state index contributed by atoms with van der Waals surface area (Å²) < 4.78 is 7.80. The van der Waals surface area contributed by atoms with Gasteiger partial charge in [0.15, 0.2) is 0 Å². The average molecular weight is 802 g/mol. The lowest BCUT2D eigenvalue weighted by Gasteiger charge is -2.19. The van der Waals surface area contributed by atoms with Crippen LogP contribution in [0.2, 0.25) is 0 Å². The van der Waals surface area contributed by atoms with Gasteiger partial charge in [-0.3, -0.25) is 0 Å². The van der Waals surface area contributed by atoms with Gasteiger partial charge >= 0.3 is 0 Å². The van der Waals surface area contributed by atoms with Crippen molar-refractivity contribution < 1.29 is 0 Å². The van der Waals surface area contributed by atoms with E-state index in [4.69, 9.17) is 0 Å². The zero-order valence-corrected chi connectivity index (χ0v) is 34.5. The van der Waals surface area contributed by atoms with Gasteiger partial charge in [0.1, 0.15) is 0 Å². The Hall–Kier alpha value is -6.78. The molecule has 0 saturated carbocycles. The fourth-order valence-corrected chi connectivity index (χ4v) is 11.7. The van der Waals surface area contributed by atoms with Gasteiger partial charge in [-0.05, 0) is 119 Å². The Morgan fingerprint density at radius 3 is 1.70 bits per heavy atom. The monoisotopic (exact) mass is 801 g/mol. The number of thiophene rings is 2. The summed E-state index contributed by atoms with van der Waals surface area (Å²) in [6.45, 7) is 0. The van der Waals surface area contributed by atoms with Gasteiger partial charge in [-0.2, -0.15) is 0 Å². The van der Waals surface area contributed by atoms with E-state index >= 15 is 0 Å². The van der Waals surface area contributed by atoms with E-state index in [-0.39, 0.29) is 0 Å². The molecule has 12 aromatic rings. The number of fused-ring (bicyclic) bond motifs is 9. The molecule has 284 valence electrons. The first-order chi connectivity index (χ1) is 29.7. The number of hydrogen-bond acceptors (Lipinski definition) is 2. The number of nitrogens with zero attached hydrogens (tertiary/aromatic N) is 1. The minimum Gasteiger partial charge on any atom is -0.309 e. The maximum Gasteiger partial charge on any atom is 0.0541 e. The standard InChI is InChI=1S/C57H39NS2/c1-2-13-38(14-3-1)45(43-26-30-56-50(35-43)47-19-5-8-22-54(47)59-56)28-24-37-12-10-15-39(32-37)40-16-11-17-41(33-40)42-25-29-53-49(34-42)46-18-4-7-21-52(46)58(53)44-27-31-57-51(36-44)48-20-6-9-23-55(48)60-57/h1-23,25-27,29-36,45H,24,28H2. The third-order valence-corrected chi connectivity index (χ3v) is 14.8. The SMILES string of the molecule is c1ccc(C(CCc2cccc(-c3cccc(-c4ccc5c(c4)c4ccccc4n5-c4ccc5sc6ccccc6c5c4)c3)c2)c2ccc3sc4ccccc4c3c2)cc1. The van der Waals surface area contributed by atoms with Crippen molar-refractivity contribution in [2.75, 3.05) is 0 Å². The molecular weight excluding hydrogens is 763 g/mol. The molecule has 0 N–H and O–H groups in total. The summed E-state index contributed by atoms with van der Waals surface area (Å²) in [5.74, 6) is 0.306. The van der Waals surface area contributed by atoms with Gasteiger partial charge in [0.2, 0.25) is 0 Å². The molecule has 0 bridgehead atoms. The predicted octanol–water partition coefficient (Wildman–Crippen LogP) is 16.6. The molecule has 9 aromatic carbocycles. The first kappa shape index (κ1) is 35.2. The van der Waals surface area contributed by atoms with E-state index < -0.39 is 0 Å². The van der Waals surface area contributed by atoms with Crippen LogP contribution in [0.3, 0.4) is 0 Å². The van der Waals surface area contributed by atoms with Gasteiger partial charge in [0.05, 0.1) is 11.0 Å². The molecule has 1 nitrogen and oxygen atoms in total. The zero-order chi connectivity index (χ0) is 39.6. The smallest absolute Gasteiger partial charge is 0.0541 e. The Morgan fingerprint density at radius 2 is 0.933 bits per heavy atom. The molecule has 0 fully saturated rings. The highest BCUT2D eigenvalue weighted by Crippen LogP contribution is 2.41. The Labute approximate surface area is 357 Å². The van der Waals surface area contributed by atoms with Gasteiger partial charge in [-0.1, -0.05) is 140 Å². The molecule has 3 heterocycles. The number of benzene rings is 9. The van der Waals surface area contributed by atoms with Crippen LogP contribution in [-0.4, -0.2) is 4.57 Å². The van der Waals surface area contributed by atoms with Crippen LogP contribution in [0.1, 0.15) is 29.0 Å². The largest absolute Gasteiger partial charge is 0.309 e. The molecule has 0 amide bonds. The summed E-state index contributed by atoms with van der Waals surface area (Å²) >= 11 is 3.76. The van der Waals surface area contributed by atoms with Crippen LogP contribution in [0.5, 0.6) is 0 Å². The fraction of sp³-hybridized carbons (Fsp3) is 0.0526. The summed E-state index contributed by atoms with van der Waals surface area (Å²) in [6, 6.07) is 76.8. The van der Waals surface area contributed by atoms with Crippen LogP contribution in [0.25, 0.3) is 90.1 Å². The summed E-state index contributed by atoms with van der Waals surface area (Å²) in [7, 11) is 0. The molecule has 0 saturated heterocycles. The third kappa shape index (κ3) is 6.04. The minimum atomic E-state index is 0.306. The molecule has 3 aromatic heterocycles. The van der Waals surface area contributed by atoms with Crippen molar-refractivity contribution in [3.05, 3.63) is 223 Å². The topological polar surface area (TPSA) is 4.93 Å². The third-order valence-electron chi connectivity index (χ3n) is 12.5. The highest BCUT2D eigenvalue weighted by atomic mass is 32.1. The number of aromatic nitrogens is 1. The Morgan fingerprint density at radius 1 is 0.350 bits per heavy atom. The Bertz CT molecular complexity index is 3570. The molecule has 0 aliphatic rings. The molecule has 60 heavy (non-hydrogen) atoms. The van der Waals surface area contributed by atoms with E-state index in [0.29, 0.717) is 5.92 Å². The van der Waals surface area contributed by atoms with Crippen molar-refractivity contribution in [2.45, 2.75) is 18.8 Å². The number of rotatable bonds is 8. The summed E-state index contributed by atoms with van der Waals surface area (Å²) in [6.07, 6.45) is 2.03. The maximum atomic E-state index is 2.45. The van der Waals surface area contributed by atoms with Crippen LogP contribution in [-0.2, 0) is 6.42 Å². The van der Waals surface area contributed by atoms with Crippen LogP contribution < -0.4 is 0 Å². The lowest BCUT2D eigenvalue weighted by Crippen LogP contribution is -2.03. The van der Waals surface area contributed by atoms with Crippen molar-refractivity contribution >= 4 is 84.8 Å². The summed E-state index contributed by atoms with van der Waals surface area (Å²) in [4.78, 5) is 0. The van der Waals surface area contributed by atoms with Crippen LogP contribution in [0, 0.1) is 0 Å². The molecule has 0 spiro atoms. The Balaban J connectivity index is 0.864. The number of para-hydroxylation sites is 1. The lowest BCUT2D eigenvalue weighted by atomic mass is 9.85. The van der Waals surface area contributed by atoms with Crippen LogP contribution in [0.15, 0.2) is 206 Å². The molecule has 0 aliphatic heterocycles. The van der Waals surface area contributed by atoms with E-state index in [0.717, 1.165) is 12.8 Å². The lowest BCUT2D eigenvalue weighted by molar-refractivity contribution is 0.716. The predicted molar refractivity (Wildman–Crippen MR) is 260 cm³/mol. The second-order valence-corrected chi connectivity index (χ2v) is 18.2. The van der Waals surface area contributed by atoms with E-state index in [1.807, 2.05) is 22.7 Å². The van der Waals surface area contributed by atoms with E-state index in [1.165, 1.54) is 107 Å². The zero-order valence-electron chi connectivity index (χ0n) is 32.9.